The van der Waals surface area contributed by atoms with Crippen molar-refractivity contribution in [2.75, 3.05) is 33.7 Å². The Morgan fingerprint density at radius 1 is 1.21 bits per heavy atom. The zero-order chi connectivity index (χ0) is 14.9. The van der Waals surface area contributed by atoms with E-state index < -0.39 is 22.5 Å². The maximum Gasteiger partial charge on any atom is 0.320 e. The molecule has 0 radical (unpaired) electrons. The number of nitrogens with one attached hydrogen (secondary N) is 1. The van der Waals surface area contributed by atoms with E-state index >= 15 is 0 Å². The summed E-state index contributed by atoms with van der Waals surface area (Å²) < 4.78 is 29.7. The van der Waals surface area contributed by atoms with Gasteiger partial charge in [0, 0.05) is 19.5 Å². The third kappa shape index (κ3) is 10.6. The molecule has 0 saturated carbocycles. The highest BCUT2D eigenvalue weighted by molar-refractivity contribution is 7.33. The van der Waals surface area contributed by atoms with Gasteiger partial charge in [-0.1, -0.05) is 0 Å². The summed E-state index contributed by atoms with van der Waals surface area (Å²) in [6.45, 7) is 2.14. The number of nitrogens with zero attached hydrogens (tertiary/aromatic N) is 1. The van der Waals surface area contributed by atoms with Gasteiger partial charge in [0.1, 0.15) is 0 Å². The van der Waals surface area contributed by atoms with Crippen LogP contribution in [0.15, 0.2) is 0 Å². The fourth-order valence-electron chi connectivity index (χ4n) is 1.38. The molecule has 116 valence electrons. The van der Waals surface area contributed by atoms with Crippen LogP contribution in [0.1, 0.15) is 12.8 Å². The van der Waals surface area contributed by atoms with Crippen molar-refractivity contribution in [2.24, 2.45) is 0 Å². The van der Waals surface area contributed by atoms with Crippen LogP contribution in [-0.2, 0) is 18.2 Å². The summed E-state index contributed by atoms with van der Waals surface area (Å²) in [4.78, 5) is 19.2. The maximum absolute atomic E-state index is 10.6. The second kappa shape index (κ2) is 9.99. The van der Waals surface area contributed by atoms with Gasteiger partial charge in [-0.05, 0) is 27.1 Å². The van der Waals surface area contributed by atoms with Crippen molar-refractivity contribution < 1.29 is 33.1 Å². The second-order valence-corrected chi connectivity index (χ2v) is 5.43. The normalized spacial score (nSPS) is 18.2. The molecule has 0 fully saturated rings. The lowest BCUT2D eigenvalue weighted by Crippen LogP contribution is -2.34. The van der Waals surface area contributed by atoms with Gasteiger partial charge in [0.15, 0.2) is 0 Å². The van der Waals surface area contributed by atoms with Gasteiger partial charge in [0.2, 0.25) is 0 Å². The summed E-state index contributed by atoms with van der Waals surface area (Å²) in [6, 6.07) is 0. The molecular formula is C8H22N2O7P2. The third-order valence-corrected chi connectivity index (χ3v) is 3.26. The van der Waals surface area contributed by atoms with Crippen LogP contribution in [0.4, 0.5) is 0 Å². The molecule has 0 bridgehead atoms. The Kier molecular flexibility index (Phi) is 10.1. The summed E-state index contributed by atoms with van der Waals surface area (Å²) in [5.74, 6) is -2.50. The van der Waals surface area contributed by atoms with Crippen molar-refractivity contribution >= 4 is 16.5 Å². The predicted molar refractivity (Wildman–Crippen MR) is 70.2 cm³/mol. The molecule has 0 amide bonds. The van der Waals surface area contributed by atoms with E-state index in [1.54, 1.807) is 0 Å². The summed E-state index contributed by atoms with van der Waals surface area (Å²) in [5.41, 5.74) is 0. The van der Waals surface area contributed by atoms with Crippen LogP contribution in [-0.4, -0.2) is 59.5 Å². The molecule has 0 aliphatic rings. The predicted octanol–water partition coefficient (Wildman–Crippen LogP) is -0.639. The maximum atomic E-state index is 10.6. The molecule has 0 aromatic carbocycles. The van der Waals surface area contributed by atoms with Crippen molar-refractivity contribution in [3.05, 3.63) is 0 Å². The van der Waals surface area contributed by atoms with Gasteiger partial charge >= 0.3 is 16.5 Å². The van der Waals surface area contributed by atoms with Crippen LogP contribution in [0.25, 0.3) is 0 Å². The Morgan fingerprint density at radius 3 is 2.16 bits per heavy atom. The minimum Gasteiger partial charge on any atom is -0.343 e. The highest BCUT2D eigenvalue weighted by Crippen LogP contribution is 2.35. The number of rotatable bonds is 11. The number of likely N-dealkylation sites (N-methyl/N-ethyl adjacent to an activating group) is 2. The molecule has 0 aliphatic carbocycles. The van der Waals surface area contributed by atoms with Gasteiger partial charge < -0.3 is 25.1 Å². The lowest BCUT2D eigenvalue weighted by atomic mass is 10.2. The summed E-state index contributed by atoms with van der Waals surface area (Å²) in [5, 5.41) is 12.7. The van der Waals surface area contributed by atoms with Crippen molar-refractivity contribution in [3.8, 4) is 0 Å². The van der Waals surface area contributed by atoms with Crippen LogP contribution < -0.4 is 5.32 Å². The summed E-state index contributed by atoms with van der Waals surface area (Å²) >= 11 is 0. The van der Waals surface area contributed by atoms with Crippen molar-refractivity contribution in [1.82, 2.24) is 10.2 Å². The average molecular weight is 320 g/mol. The van der Waals surface area contributed by atoms with Crippen molar-refractivity contribution in [3.63, 3.8) is 0 Å². The molecular weight excluding hydrogens is 298 g/mol. The van der Waals surface area contributed by atoms with Crippen LogP contribution in [0.2, 0.25) is 0 Å². The number of hydrogen-bond donors (Lipinski definition) is 4. The fourth-order valence-corrected chi connectivity index (χ4v) is 2.30. The Bertz CT molecular complexity index is 289. The van der Waals surface area contributed by atoms with E-state index in [0.717, 1.165) is 13.1 Å². The molecule has 0 rings (SSSR count). The Labute approximate surface area is 113 Å². The Morgan fingerprint density at radius 2 is 1.74 bits per heavy atom. The van der Waals surface area contributed by atoms with Crippen LogP contribution in [0, 0.1) is 0 Å². The molecule has 0 aromatic heterocycles. The van der Waals surface area contributed by atoms with Gasteiger partial charge in [-0.25, -0.2) is 0 Å². The lowest BCUT2D eigenvalue weighted by molar-refractivity contribution is -0.277. The van der Waals surface area contributed by atoms with Gasteiger partial charge in [-0.2, -0.15) is 0 Å². The highest BCUT2D eigenvalue weighted by Gasteiger charge is 2.33. The largest absolute Gasteiger partial charge is 0.343 e. The first-order valence-electron chi connectivity index (χ1n) is 5.68. The quantitative estimate of drug-likeness (QED) is 0.290. The van der Waals surface area contributed by atoms with E-state index in [-0.39, 0.29) is 6.42 Å². The molecule has 4 N–H and O–H groups in total. The molecule has 0 aromatic rings. The molecule has 0 spiro atoms. The smallest absolute Gasteiger partial charge is 0.320 e. The molecule has 19 heavy (non-hydrogen) atoms. The van der Waals surface area contributed by atoms with Crippen molar-refractivity contribution in [1.29, 1.82) is 0 Å². The molecule has 11 heteroatoms. The van der Waals surface area contributed by atoms with E-state index in [9.17, 15) is 14.2 Å². The van der Waals surface area contributed by atoms with Crippen LogP contribution >= 0.6 is 16.5 Å². The monoisotopic (exact) mass is 320 g/mol. The molecule has 0 aliphatic heterocycles. The average Bonchev–Trinajstić information content (AvgIpc) is 2.23. The van der Waals surface area contributed by atoms with Gasteiger partial charge in [-0.3, -0.25) is 18.2 Å². The van der Waals surface area contributed by atoms with E-state index in [2.05, 4.69) is 14.4 Å². The summed E-state index contributed by atoms with van der Waals surface area (Å²) in [6.07, 6.45) is 0.172. The minimum atomic E-state index is -3.48. The lowest BCUT2D eigenvalue weighted by Gasteiger charge is -2.25. The molecule has 2 unspecified atom stereocenters. The Hall–Kier alpha value is 0.180. The van der Waals surface area contributed by atoms with E-state index in [1.807, 2.05) is 19.0 Å². The Balaban J connectivity index is 4.18. The van der Waals surface area contributed by atoms with Gasteiger partial charge in [0.05, 0.1) is 0 Å². The van der Waals surface area contributed by atoms with Crippen molar-refractivity contribution in [2.45, 2.75) is 18.8 Å². The standard InChI is InChI=1S/C8H22N2O7P2/c1-9-5-7-10(2)6-3-4-8(11,16-18(12)13)17-19(14)15/h9,11,18-19H,3-7H2,1-2H3,(H,12,13)(H,14,15). The summed E-state index contributed by atoms with van der Waals surface area (Å²) in [7, 11) is -3.28. The van der Waals surface area contributed by atoms with Crippen LogP contribution in [0.5, 0.6) is 0 Å². The number of hydrogen-bond acceptors (Lipinski definition) is 7. The first-order valence-corrected chi connectivity index (χ1v) is 8.21. The molecule has 9 nitrogen and oxygen atoms in total. The van der Waals surface area contributed by atoms with E-state index in [0.29, 0.717) is 13.0 Å². The molecule has 0 heterocycles. The molecule has 0 saturated heterocycles. The SMILES string of the molecule is CNCCN(C)CCCC(O)(O[PH](=O)O)O[PH](=O)O. The first-order chi connectivity index (χ1) is 8.79. The zero-order valence-electron chi connectivity index (χ0n) is 11.0. The second-order valence-electron chi connectivity index (χ2n) is 3.96. The zero-order valence-corrected chi connectivity index (χ0v) is 13.0. The van der Waals surface area contributed by atoms with Gasteiger partial charge in [-0.15, -0.1) is 0 Å². The van der Waals surface area contributed by atoms with Gasteiger partial charge in [0.25, 0.3) is 5.97 Å². The third-order valence-electron chi connectivity index (χ3n) is 2.27. The first kappa shape index (κ1) is 19.2. The van der Waals surface area contributed by atoms with E-state index in [1.165, 1.54) is 0 Å². The fraction of sp³-hybridized carbons (Fsp3) is 1.00. The topological polar surface area (TPSA) is 129 Å². The molecule has 2 atom stereocenters. The minimum absolute atomic E-state index is 0.190. The highest BCUT2D eigenvalue weighted by atomic mass is 31.1. The number of aliphatic hydroxyl groups is 1. The van der Waals surface area contributed by atoms with Crippen LogP contribution in [0.3, 0.4) is 0 Å². The van der Waals surface area contributed by atoms with E-state index in [4.69, 9.17) is 9.79 Å².